The van der Waals surface area contributed by atoms with Crippen molar-refractivity contribution in [3.05, 3.63) is 36.4 Å². The summed E-state index contributed by atoms with van der Waals surface area (Å²) < 4.78 is 0. The zero-order chi connectivity index (χ0) is 47.2. The summed E-state index contributed by atoms with van der Waals surface area (Å²) in [5.74, 6) is 7.17. The molecule has 0 unspecified atom stereocenters. The van der Waals surface area contributed by atoms with E-state index >= 15 is 0 Å². The predicted molar refractivity (Wildman–Crippen MR) is 320 cm³/mol. The quantitative estimate of drug-likeness (QED) is 0.0142. The van der Waals surface area contributed by atoms with Crippen molar-refractivity contribution in [2.24, 2.45) is 0 Å². The van der Waals surface area contributed by atoms with Crippen molar-refractivity contribution in [3.8, 4) is 0 Å². The van der Waals surface area contributed by atoms with Gasteiger partial charge in [0.15, 0.2) is 0 Å². The van der Waals surface area contributed by atoms with Crippen molar-refractivity contribution >= 4 is 142 Å². The summed E-state index contributed by atoms with van der Waals surface area (Å²) in [5, 5.41) is 8.76. The van der Waals surface area contributed by atoms with E-state index in [2.05, 4.69) is 142 Å². The maximum Gasteiger partial charge on any atom is 0.341 e. The van der Waals surface area contributed by atoms with Crippen molar-refractivity contribution in [2.75, 3.05) is 34.5 Å². The Kier molecular flexibility index (Phi) is 32.3. The molecule has 0 heterocycles. The Labute approximate surface area is 445 Å². The van der Waals surface area contributed by atoms with Gasteiger partial charge in [-0.25, -0.2) is 0 Å². The summed E-state index contributed by atoms with van der Waals surface area (Å²) in [6.07, 6.45) is 34.1. The van der Waals surface area contributed by atoms with Crippen LogP contribution < -0.4 is 0 Å². The maximum absolute atomic E-state index is 6.01. The number of thioether (sulfide) groups is 6. The molecule has 0 atom stereocenters. The minimum atomic E-state index is -2.41. The summed E-state index contributed by atoms with van der Waals surface area (Å²) >= 11 is 30.7. The van der Waals surface area contributed by atoms with Crippen molar-refractivity contribution in [3.63, 3.8) is 0 Å². The molecule has 0 bridgehead atoms. The van der Waals surface area contributed by atoms with Gasteiger partial charge in [0, 0.05) is 29.4 Å². The van der Waals surface area contributed by atoms with Crippen molar-refractivity contribution in [1.82, 2.24) is 0 Å². The van der Waals surface area contributed by atoms with Gasteiger partial charge >= 0.3 is 6.00 Å². The van der Waals surface area contributed by atoms with E-state index in [0.29, 0.717) is 0 Å². The van der Waals surface area contributed by atoms with Crippen LogP contribution in [-0.2, 0) is 0 Å². The second kappa shape index (κ2) is 35.9. The topological polar surface area (TPSA) is 0 Å². The van der Waals surface area contributed by atoms with Crippen LogP contribution in [0.5, 0.6) is 0 Å². The molecule has 0 saturated carbocycles. The number of hydrogen-bond donors (Lipinski definition) is 0. The molecule has 0 N–H and O–H groups in total. The Bertz CT molecular complexity index is 1890. The van der Waals surface area contributed by atoms with Gasteiger partial charge in [-0.2, -0.15) is 0 Å². The molecule has 0 aliphatic heterocycles. The Morgan fingerprint density at radius 2 is 0.455 bits per heavy atom. The average molecular weight is 1090 g/mol. The molecule has 66 heavy (non-hydrogen) atoms. The zero-order valence-electron chi connectivity index (χ0n) is 41.9. The lowest BCUT2D eigenvalue weighted by molar-refractivity contribution is 0.531. The van der Waals surface area contributed by atoms with Gasteiger partial charge in [0.2, 0.25) is 0 Å². The van der Waals surface area contributed by atoms with E-state index in [1.165, 1.54) is 257 Å². The highest BCUT2D eigenvalue weighted by atomic mass is 35.8. The van der Waals surface area contributed by atoms with Crippen LogP contribution in [-0.4, -0.2) is 40.5 Å². The van der Waals surface area contributed by atoms with Gasteiger partial charge in [0.05, 0.1) is 0 Å². The third kappa shape index (κ3) is 22.3. The van der Waals surface area contributed by atoms with Gasteiger partial charge in [-0.1, -0.05) is 163 Å². The van der Waals surface area contributed by atoms with Crippen LogP contribution in [0.2, 0.25) is 6.04 Å². The van der Waals surface area contributed by atoms with Crippen molar-refractivity contribution in [2.45, 2.75) is 237 Å². The Balaban J connectivity index is 1.49. The zero-order valence-corrected chi connectivity index (χ0v) is 50.0. The molecule has 0 spiro atoms. The molecular weight excluding hydrogens is 999 g/mol. The fraction of sp³-hybridized carbons (Fsp3) is 0.679. The molecule has 10 heteroatoms. The standard InChI is InChI=1S/C56H87Cl3S6Si/c1-6-11-32-60-51-39-45-46-40-52(61-33-12-7-2)54(63-35-14-9-4)42-48(46)50-44-56(55(64-36-15-10-5)43-49(50)47(45)41-53(51)62-34-13-8-3)65-37-30-28-26-24-22-20-18-16-17-19-21-23-25-27-29-31-38-66(57,58)59/h39-44H,6-38H2,1-5H3. The molecule has 0 nitrogen and oxygen atoms in total. The monoisotopic (exact) mass is 1080 g/mol. The number of halogens is 3. The minimum absolute atomic E-state index is 0.816. The van der Waals surface area contributed by atoms with E-state index < -0.39 is 6.00 Å². The van der Waals surface area contributed by atoms with Crippen LogP contribution in [0.25, 0.3) is 32.3 Å². The molecule has 0 aliphatic rings. The Hall–Kier alpha value is 0.847. The number of unbranched alkanes of at least 4 members (excludes halogenated alkanes) is 20. The van der Waals surface area contributed by atoms with Gasteiger partial charge in [-0.3, -0.25) is 0 Å². The van der Waals surface area contributed by atoms with Gasteiger partial charge < -0.3 is 0 Å². The molecule has 0 saturated heterocycles. The number of hydrogen-bond acceptors (Lipinski definition) is 6. The molecule has 4 aromatic rings. The first-order valence-electron chi connectivity index (χ1n) is 26.6. The lowest BCUT2D eigenvalue weighted by Crippen LogP contribution is -2.07. The lowest BCUT2D eigenvalue weighted by Gasteiger charge is -2.19. The largest absolute Gasteiger partial charge is 0.341 e. The fourth-order valence-electron chi connectivity index (χ4n) is 8.41. The first-order valence-corrected chi connectivity index (χ1v) is 37.8. The van der Waals surface area contributed by atoms with Crippen molar-refractivity contribution < 1.29 is 0 Å². The van der Waals surface area contributed by atoms with Crippen LogP contribution in [0.1, 0.15) is 202 Å². The SMILES string of the molecule is CCCCSc1cc2c3cc(SCCCC)c(SCCCC)cc3c3cc(SCCCCCCCCCCCCCCCCCC[Si](Cl)(Cl)Cl)c(SCCCC)cc3c2cc1SCCCC. The number of fused-ring (bicyclic) bond motifs is 6. The van der Waals surface area contributed by atoms with Gasteiger partial charge in [-0.05, 0) is 148 Å². The molecule has 0 amide bonds. The second-order valence-corrected chi connectivity index (χ2v) is 34.5. The smallest absolute Gasteiger partial charge is 0.126 e. The Morgan fingerprint density at radius 3 is 0.652 bits per heavy atom. The highest BCUT2D eigenvalue weighted by Crippen LogP contribution is 2.47. The molecule has 4 aromatic carbocycles. The highest BCUT2D eigenvalue weighted by molar-refractivity contribution is 8.03. The van der Waals surface area contributed by atoms with E-state index in [4.69, 9.17) is 33.2 Å². The van der Waals surface area contributed by atoms with Crippen LogP contribution in [0.15, 0.2) is 65.8 Å². The number of benzene rings is 4. The summed E-state index contributed by atoms with van der Waals surface area (Å²) in [4.78, 5) is 8.98. The van der Waals surface area contributed by atoms with Crippen LogP contribution >= 0.6 is 104 Å². The predicted octanol–water partition coefficient (Wildman–Crippen LogP) is 23.6. The van der Waals surface area contributed by atoms with E-state index in [0.717, 1.165) is 12.5 Å². The first-order chi connectivity index (χ1) is 32.2. The number of rotatable bonds is 40. The third-order valence-corrected chi connectivity index (χ3v) is 22.4. The molecule has 0 aliphatic carbocycles. The molecule has 0 aromatic heterocycles. The van der Waals surface area contributed by atoms with Crippen LogP contribution in [0, 0.1) is 0 Å². The maximum atomic E-state index is 6.01. The minimum Gasteiger partial charge on any atom is -0.126 e. The Morgan fingerprint density at radius 1 is 0.273 bits per heavy atom. The van der Waals surface area contributed by atoms with Gasteiger partial charge in [0.1, 0.15) is 0 Å². The van der Waals surface area contributed by atoms with Crippen LogP contribution in [0.3, 0.4) is 0 Å². The summed E-state index contributed by atoms with van der Waals surface area (Å²) in [6.45, 7) is 11.6. The van der Waals surface area contributed by atoms with Gasteiger partial charge in [0.25, 0.3) is 0 Å². The average Bonchev–Trinajstić information content (AvgIpc) is 3.30. The van der Waals surface area contributed by atoms with E-state index in [9.17, 15) is 0 Å². The molecular formula is C56H87Cl3S6Si. The van der Waals surface area contributed by atoms with Crippen molar-refractivity contribution in [1.29, 1.82) is 0 Å². The van der Waals surface area contributed by atoms with Gasteiger partial charge in [-0.15, -0.1) is 104 Å². The highest BCUT2D eigenvalue weighted by Gasteiger charge is 2.23. The first kappa shape index (κ1) is 59.4. The van der Waals surface area contributed by atoms with Crippen LogP contribution in [0.4, 0.5) is 0 Å². The molecule has 372 valence electrons. The lowest BCUT2D eigenvalue weighted by atomic mass is 9.94. The molecule has 0 radical (unpaired) electrons. The van der Waals surface area contributed by atoms with E-state index in [-0.39, 0.29) is 0 Å². The fourth-order valence-corrected chi connectivity index (χ4v) is 17.6. The normalized spacial score (nSPS) is 12.2. The molecule has 0 fully saturated rings. The van der Waals surface area contributed by atoms with E-state index in [1.807, 2.05) is 0 Å². The summed E-state index contributed by atoms with van der Waals surface area (Å²) in [6, 6.07) is 14.2. The summed E-state index contributed by atoms with van der Waals surface area (Å²) in [5.41, 5.74) is 0. The molecule has 4 rings (SSSR count). The third-order valence-electron chi connectivity index (χ3n) is 12.5. The van der Waals surface area contributed by atoms with E-state index in [1.54, 1.807) is 0 Å². The summed E-state index contributed by atoms with van der Waals surface area (Å²) in [7, 11) is 0. The second-order valence-electron chi connectivity index (χ2n) is 18.4.